The molecule has 1 amide bonds. The lowest BCUT2D eigenvalue weighted by atomic mass is 9.66. The molecule has 2 aliphatic heterocycles. The second kappa shape index (κ2) is 6.24. The highest BCUT2D eigenvalue weighted by Crippen LogP contribution is 2.54. The molecule has 0 aliphatic carbocycles. The summed E-state index contributed by atoms with van der Waals surface area (Å²) in [6.07, 6.45) is 0.0491. The Morgan fingerprint density at radius 3 is 2.28 bits per heavy atom. The molecule has 2 aliphatic rings. The number of esters is 1. The number of ether oxygens (including phenoxy) is 1. The first-order chi connectivity index (χ1) is 11.2. The summed E-state index contributed by atoms with van der Waals surface area (Å²) < 4.78 is 12.2. The summed E-state index contributed by atoms with van der Waals surface area (Å²) in [7, 11) is -2.15. The van der Waals surface area contributed by atoms with Crippen molar-refractivity contribution in [3.63, 3.8) is 0 Å². The van der Waals surface area contributed by atoms with E-state index < -0.39 is 37.4 Å². The van der Waals surface area contributed by atoms with Gasteiger partial charge in [-0.1, -0.05) is 34.6 Å². The Hall–Kier alpha value is -0.593. The van der Waals surface area contributed by atoms with Gasteiger partial charge in [-0.3, -0.25) is 4.79 Å². The molecule has 25 heavy (non-hydrogen) atoms. The van der Waals surface area contributed by atoms with E-state index in [1.165, 1.54) is 0 Å². The maximum Gasteiger partial charge on any atom is 0.339 e. The molecule has 0 saturated carbocycles. The van der Waals surface area contributed by atoms with Crippen molar-refractivity contribution in [2.24, 2.45) is 11.8 Å². The highest BCUT2D eigenvalue weighted by atomic mass is 35.5. The van der Waals surface area contributed by atoms with Crippen molar-refractivity contribution in [2.75, 3.05) is 5.88 Å². The van der Waals surface area contributed by atoms with Gasteiger partial charge in [0.05, 0.1) is 12.0 Å². The predicted octanol–water partition coefficient (Wildman–Crippen LogP) is 3.46. The zero-order valence-corrected chi connectivity index (χ0v) is 18.4. The van der Waals surface area contributed by atoms with Gasteiger partial charge in [-0.15, -0.1) is 11.6 Å². The Morgan fingerprint density at radius 2 is 1.88 bits per heavy atom. The second-order valence-electron chi connectivity index (χ2n) is 9.37. The van der Waals surface area contributed by atoms with Crippen LogP contribution in [-0.4, -0.2) is 43.3 Å². The molecule has 144 valence electrons. The van der Waals surface area contributed by atoms with E-state index in [1.807, 2.05) is 20.8 Å². The number of hydrogen-bond acceptors (Lipinski definition) is 4. The lowest BCUT2D eigenvalue weighted by Gasteiger charge is -2.57. The first-order valence-electron chi connectivity index (χ1n) is 9.04. The van der Waals surface area contributed by atoms with Gasteiger partial charge in [0, 0.05) is 5.88 Å². The Balaban J connectivity index is 2.47. The summed E-state index contributed by atoms with van der Waals surface area (Å²) in [5, 5.41) is 2.97. The number of alkyl halides is 1. The van der Waals surface area contributed by atoms with Crippen molar-refractivity contribution in [1.82, 2.24) is 5.32 Å². The van der Waals surface area contributed by atoms with Gasteiger partial charge >= 0.3 is 5.97 Å². The van der Waals surface area contributed by atoms with Gasteiger partial charge in [0.15, 0.2) is 13.9 Å². The molecule has 0 bridgehead atoms. The molecule has 0 unspecified atom stereocenters. The van der Waals surface area contributed by atoms with Gasteiger partial charge in [-0.25, -0.2) is 4.79 Å². The monoisotopic (exact) mass is 389 g/mol. The van der Waals surface area contributed by atoms with Crippen LogP contribution in [0.3, 0.4) is 0 Å². The number of hydrogen-bond donors (Lipinski definition) is 1. The van der Waals surface area contributed by atoms with Crippen LogP contribution in [0.25, 0.3) is 0 Å². The minimum atomic E-state index is -2.15. The van der Waals surface area contributed by atoms with Crippen LogP contribution in [0.15, 0.2) is 0 Å². The number of amides is 1. The van der Waals surface area contributed by atoms with Crippen LogP contribution in [0.1, 0.15) is 48.0 Å². The summed E-state index contributed by atoms with van der Waals surface area (Å²) in [6, 6.07) is 0. The fourth-order valence-corrected chi connectivity index (χ4v) is 5.42. The van der Waals surface area contributed by atoms with E-state index in [1.54, 1.807) is 0 Å². The van der Waals surface area contributed by atoms with E-state index in [4.69, 9.17) is 20.8 Å². The molecular weight excluding hydrogens is 358 g/mol. The van der Waals surface area contributed by atoms with Gasteiger partial charge in [0.1, 0.15) is 0 Å². The van der Waals surface area contributed by atoms with Crippen LogP contribution in [-0.2, 0) is 18.8 Å². The molecule has 0 aromatic carbocycles. The van der Waals surface area contributed by atoms with Gasteiger partial charge in [-0.2, -0.15) is 0 Å². The van der Waals surface area contributed by atoms with Gasteiger partial charge in [0.2, 0.25) is 11.4 Å². The molecule has 0 aromatic rings. The van der Waals surface area contributed by atoms with Crippen LogP contribution < -0.4 is 5.32 Å². The lowest BCUT2D eigenvalue weighted by molar-refractivity contribution is -0.236. The third-order valence-electron chi connectivity index (χ3n) is 6.37. The standard InChI is InChI=1S/C18H32ClNO4Si/c1-11(2)13(24-25(7,8)16(3,4)5)18-15(22)23-17(18,6)12(9-10-19)14(21)20-18/h11-13H,9-10H2,1-8H3,(H,20,21)/t12-,13-,17-,18-/m0/s1. The molecule has 1 N–H and O–H groups in total. The van der Waals surface area contributed by atoms with Crippen LogP contribution >= 0.6 is 11.6 Å². The fourth-order valence-electron chi connectivity index (χ4n) is 3.77. The van der Waals surface area contributed by atoms with E-state index in [0.717, 1.165) is 0 Å². The SMILES string of the molecule is CC(C)[C@H](O[Si](C)(C)C(C)(C)C)[C@@]12NC(=O)[C@H](CCCl)[C@]1(C)OC2=O. The molecule has 7 heteroatoms. The van der Waals surface area contributed by atoms with Crippen molar-refractivity contribution in [1.29, 1.82) is 0 Å². The van der Waals surface area contributed by atoms with E-state index in [-0.39, 0.29) is 16.9 Å². The number of fused-ring (bicyclic) bond motifs is 1. The Kier molecular flexibility index (Phi) is 5.17. The Bertz CT molecular complexity index is 574. The topological polar surface area (TPSA) is 64.6 Å². The van der Waals surface area contributed by atoms with E-state index in [2.05, 4.69) is 39.2 Å². The van der Waals surface area contributed by atoms with Gasteiger partial charge in [-0.05, 0) is 37.4 Å². The largest absolute Gasteiger partial charge is 0.453 e. The molecule has 4 atom stereocenters. The number of halogens is 1. The van der Waals surface area contributed by atoms with Crippen molar-refractivity contribution in [3.8, 4) is 0 Å². The smallest absolute Gasteiger partial charge is 0.339 e. The highest BCUT2D eigenvalue weighted by Gasteiger charge is 2.79. The summed E-state index contributed by atoms with van der Waals surface area (Å²) in [4.78, 5) is 25.3. The molecular formula is C18H32ClNO4Si. The molecule has 0 aromatic heterocycles. The average Bonchev–Trinajstić information content (AvgIpc) is 2.61. The third-order valence-corrected chi connectivity index (χ3v) is 11.0. The summed E-state index contributed by atoms with van der Waals surface area (Å²) in [5.41, 5.74) is -2.03. The molecule has 2 heterocycles. The van der Waals surface area contributed by atoms with Crippen molar-refractivity contribution in [2.45, 2.75) is 83.3 Å². The zero-order valence-electron chi connectivity index (χ0n) is 16.7. The minimum Gasteiger partial charge on any atom is -0.453 e. The summed E-state index contributed by atoms with van der Waals surface area (Å²) in [5.74, 6) is -0.601. The van der Waals surface area contributed by atoms with Gasteiger partial charge < -0.3 is 14.5 Å². The van der Waals surface area contributed by atoms with Gasteiger partial charge in [0.25, 0.3) is 0 Å². The predicted molar refractivity (Wildman–Crippen MR) is 101 cm³/mol. The van der Waals surface area contributed by atoms with E-state index in [9.17, 15) is 9.59 Å². The second-order valence-corrected chi connectivity index (χ2v) is 14.5. The number of nitrogens with one attached hydrogen (secondary N) is 1. The van der Waals surface area contributed by atoms with Crippen molar-refractivity contribution < 1.29 is 18.8 Å². The van der Waals surface area contributed by atoms with Crippen LogP contribution in [0.2, 0.25) is 18.1 Å². The van der Waals surface area contributed by atoms with Crippen LogP contribution in [0.5, 0.6) is 0 Å². The molecule has 2 rings (SSSR count). The molecule has 2 fully saturated rings. The van der Waals surface area contributed by atoms with Crippen LogP contribution in [0.4, 0.5) is 0 Å². The Morgan fingerprint density at radius 1 is 1.32 bits per heavy atom. The highest BCUT2D eigenvalue weighted by molar-refractivity contribution is 6.74. The number of carbonyl (C=O) groups excluding carboxylic acids is 2. The third kappa shape index (κ3) is 2.84. The molecule has 0 radical (unpaired) electrons. The first kappa shape index (κ1) is 20.7. The number of carbonyl (C=O) groups is 2. The summed E-state index contributed by atoms with van der Waals surface area (Å²) >= 11 is 5.89. The Labute approximate surface area is 157 Å². The minimum absolute atomic E-state index is 0.00101. The van der Waals surface area contributed by atoms with Crippen molar-refractivity contribution in [3.05, 3.63) is 0 Å². The fraction of sp³-hybridized carbons (Fsp3) is 0.889. The quantitative estimate of drug-likeness (QED) is 0.429. The van der Waals surface area contributed by atoms with Crippen molar-refractivity contribution >= 4 is 31.8 Å². The van der Waals surface area contributed by atoms with E-state index in [0.29, 0.717) is 12.3 Å². The average molecular weight is 390 g/mol. The normalized spacial score (nSPS) is 33.6. The lowest BCUT2D eigenvalue weighted by Crippen LogP contribution is -2.81. The maximum absolute atomic E-state index is 12.7. The van der Waals surface area contributed by atoms with Crippen LogP contribution in [0, 0.1) is 11.8 Å². The first-order valence-corrected chi connectivity index (χ1v) is 12.5. The molecule has 5 nitrogen and oxygen atoms in total. The summed E-state index contributed by atoms with van der Waals surface area (Å²) in [6.45, 7) is 16.7. The maximum atomic E-state index is 12.7. The molecule has 2 saturated heterocycles. The molecule has 0 spiro atoms. The number of rotatable bonds is 6. The van der Waals surface area contributed by atoms with E-state index >= 15 is 0 Å². The zero-order chi connectivity index (χ0) is 19.4.